The van der Waals surface area contributed by atoms with Gasteiger partial charge < -0.3 is 20.1 Å². The fourth-order valence-corrected chi connectivity index (χ4v) is 4.80. The van der Waals surface area contributed by atoms with Crippen molar-refractivity contribution in [3.05, 3.63) is 53.1 Å². The van der Waals surface area contributed by atoms with Crippen LogP contribution in [0.25, 0.3) is 10.8 Å². The Kier molecular flexibility index (Phi) is 7.23. The van der Waals surface area contributed by atoms with E-state index in [4.69, 9.17) is 4.74 Å². The number of halogens is 2. The van der Waals surface area contributed by atoms with E-state index in [2.05, 4.69) is 19.9 Å². The van der Waals surface area contributed by atoms with Crippen LogP contribution in [0.5, 0.6) is 5.88 Å². The van der Waals surface area contributed by atoms with E-state index in [1.807, 2.05) is 7.05 Å². The lowest BCUT2D eigenvalue weighted by atomic mass is 10.1. The average molecular weight is 491 g/mol. The topological polar surface area (TPSA) is 104 Å². The Balaban J connectivity index is 1.42. The number of aromatic nitrogens is 1. The van der Waals surface area contributed by atoms with Crippen molar-refractivity contribution in [3.63, 3.8) is 0 Å². The molecule has 1 fully saturated rings. The zero-order valence-electron chi connectivity index (χ0n) is 18.4. The van der Waals surface area contributed by atoms with Gasteiger partial charge in [-0.25, -0.2) is 18.4 Å². The molecule has 4 rings (SSSR count). The van der Waals surface area contributed by atoms with Crippen molar-refractivity contribution >= 4 is 39.3 Å². The Morgan fingerprint density at radius 3 is 2.85 bits per heavy atom. The van der Waals surface area contributed by atoms with E-state index in [-0.39, 0.29) is 27.4 Å². The number of rotatable bonds is 8. The van der Waals surface area contributed by atoms with Crippen LogP contribution in [0.1, 0.15) is 35.2 Å². The fraction of sp³-hybridized carbons (Fsp3) is 0.348. The molecule has 0 aliphatic carbocycles. The van der Waals surface area contributed by atoms with Crippen LogP contribution in [0.4, 0.5) is 18.6 Å². The number of benzene rings is 2. The standard InChI is InChI=1S/C23H24F2N4O4S/c1-29-10-4-6-14(29)8-9-26-23(32)27-21-18(22(30)31)20(28-34-21)33-12-16-17(24)11-13-5-2-3-7-15(13)19(16)25/h2-3,5,7,11,14H,4,6,8-10,12H2,1H3,(H,30,31)(H2,26,27,32). The predicted octanol–water partition coefficient (Wildman–Crippen LogP) is 4.46. The molecule has 1 saturated heterocycles. The SMILES string of the molecule is CN1CCCC1CCNC(=O)Nc1snc(OCc2c(F)cc3ccccc3c2F)c1C(=O)O. The third-order valence-electron chi connectivity index (χ3n) is 5.92. The maximum atomic E-state index is 14.8. The molecule has 34 heavy (non-hydrogen) atoms. The summed E-state index contributed by atoms with van der Waals surface area (Å²) in [5, 5.41) is 15.4. The van der Waals surface area contributed by atoms with Crippen molar-refractivity contribution in [3.8, 4) is 5.88 Å². The first-order chi connectivity index (χ1) is 16.3. The number of hydrogen-bond donors (Lipinski definition) is 3. The molecule has 3 N–H and O–H groups in total. The number of amides is 2. The number of nitrogens with one attached hydrogen (secondary N) is 2. The second kappa shape index (κ2) is 10.3. The zero-order chi connectivity index (χ0) is 24.2. The number of urea groups is 1. The Morgan fingerprint density at radius 1 is 1.32 bits per heavy atom. The Labute approximate surface area is 198 Å². The van der Waals surface area contributed by atoms with Gasteiger partial charge in [0.2, 0.25) is 5.88 Å². The molecule has 2 amide bonds. The third kappa shape index (κ3) is 5.10. The van der Waals surface area contributed by atoms with Crippen LogP contribution >= 0.6 is 11.5 Å². The summed E-state index contributed by atoms with van der Waals surface area (Å²) in [4.78, 5) is 26.3. The van der Waals surface area contributed by atoms with Gasteiger partial charge in [0.15, 0.2) is 5.56 Å². The van der Waals surface area contributed by atoms with Crippen molar-refractivity contribution in [2.45, 2.75) is 31.9 Å². The highest BCUT2D eigenvalue weighted by atomic mass is 32.1. The van der Waals surface area contributed by atoms with Gasteiger partial charge in [-0.2, -0.15) is 4.37 Å². The number of fused-ring (bicyclic) bond motifs is 1. The van der Waals surface area contributed by atoms with Crippen LogP contribution in [0.2, 0.25) is 0 Å². The van der Waals surface area contributed by atoms with Crippen LogP contribution in [0.15, 0.2) is 30.3 Å². The summed E-state index contributed by atoms with van der Waals surface area (Å²) >= 11 is 0.715. The van der Waals surface area contributed by atoms with Gasteiger partial charge in [-0.05, 0) is 55.8 Å². The highest BCUT2D eigenvalue weighted by Gasteiger charge is 2.25. The minimum absolute atomic E-state index is 0.0301. The number of carbonyl (C=O) groups excluding carboxylic acids is 1. The molecule has 11 heteroatoms. The summed E-state index contributed by atoms with van der Waals surface area (Å²) in [5.74, 6) is -3.30. The van der Waals surface area contributed by atoms with Crippen molar-refractivity contribution < 1.29 is 28.2 Å². The Bertz CT molecular complexity index is 1220. The first-order valence-corrected chi connectivity index (χ1v) is 11.6. The molecular formula is C23H24F2N4O4S. The van der Waals surface area contributed by atoms with Crippen molar-refractivity contribution in [1.29, 1.82) is 0 Å². The number of aromatic carboxylic acids is 1. The van der Waals surface area contributed by atoms with Crippen molar-refractivity contribution in [2.24, 2.45) is 0 Å². The number of anilines is 1. The van der Waals surface area contributed by atoms with Gasteiger partial charge in [-0.3, -0.25) is 5.32 Å². The highest BCUT2D eigenvalue weighted by molar-refractivity contribution is 7.11. The maximum absolute atomic E-state index is 14.8. The highest BCUT2D eigenvalue weighted by Crippen LogP contribution is 2.32. The molecule has 2 aromatic carbocycles. The smallest absolute Gasteiger partial charge is 0.344 e. The second-order valence-corrected chi connectivity index (χ2v) is 8.88. The summed E-state index contributed by atoms with van der Waals surface area (Å²) in [6.07, 6.45) is 3.00. The molecule has 3 aromatic rings. The minimum Gasteiger partial charge on any atom is -0.477 e. The van der Waals surface area contributed by atoms with Gasteiger partial charge in [-0.1, -0.05) is 24.3 Å². The van der Waals surface area contributed by atoms with Crippen LogP contribution in [-0.2, 0) is 6.61 Å². The maximum Gasteiger partial charge on any atom is 0.344 e. The average Bonchev–Trinajstić information content (AvgIpc) is 3.39. The summed E-state index contributed by atoms with van der Waals surface area (Å²) < 4.78 is 38.6. The second-order valence-electron chi connectivity index (χ2n) is 8.10. The third-order valence-corrected chi connectivity index (χ3v) is 6.67. The number of carboxylic acids is 1. The molecule has 1 unspecified atom stereocenters. The van der Waals surface area contributed by atoms with Gasteiger partial charge >= 0.3 is 12.0 Å². The van der Waals surface area contributed by atoms with Crippen molar-refractivity contribution in [2.75, 3.05) is 25.5 Å². The van der Waals surface area contributed by atoms with Gasteiger partial charge in [0.05, 0.1) is 5.56 Å². The van der Waals surface area contributed by atoms with Gasteiger partial charge in [-0.15, -0.1) is 0 Å². The molecule has 8 nitrogen and oxygen atoms in total. The largest absolute Gasteiger partial charge is 0.477 e. The van der Waals surface area contributed by atoms with Crippen molar-refractivity contribution in [1.82, 2.24) is 14.6 Å². The normalized spacial score (nSPS) is 16.0. The number of hydrogen-bond acceptors (Lipinski definition) is 6. The molecule has 1 aliphatic rings. The lowest BCUT2D eigenvalue weighted by molar-refractivity contribution is 0.0693. The van der Waals surface area contributed by atoms with Crippen LogP contribution in [-0.4, -0.2) is 52.6 Å². The van der Waals surface area contributed by atoms with E-state index in [1.54, 1.807) is 18.2 Å². The summed E-state index contributed by atoms with van der Waals surface area (Å²) in [7, 11) is 2.05. The van der Waals surface area contributed by atoms with Crippen LogP contribution in [0.3, 0.4) is 0 Å². The number of carboxylic acid groups (broad SMARTS) is 1. The van der Waals surface area contributed by atoms with Gasteiger partial charge in [0.1, 0.15) is 23.2 Å². The summed E-state index contributed by atoms with van der Waals surface area (Å²) in [6.45, 7) is 0.911. The first kappa shape index (κ1) is 23.8. The fourth-order valence-electron chi connectivity index (χ4n) is 4.08. The summed E-state index contributed by atoms with van der Waals surface area (Å²) in [5.41, 5.74) is -0.718. The van der Waals surface area contributed by atoms with Gasteiger partial charge in [0, 0.05) is 18.0 Å². The van der Waals surface area contributed by atoms with E-state index in [0.29, 0.717) is 29.5 Å². The molecule has 2 heterocycles. The lowest BCUT2D eigenvalue weighted by Crippen LogP contribution is -2.34. The summed E-state index contributed by atoms with van der Waals surface area (Å²) in [6, 6.07) is 7.44. The molecule has 1 aromatic heterocycles. The Morgan fingerprint density at radius 2 is 2.12 bits per heavy atom. The molecule has 1 aliphatic heterocycles. The minimum atomic E-state index is -1.38. The molecule has 0 saturated carbocycles. The number of carbonyl (C=O) groups is 2. The lowest BCUT2D eigenvalue weighted by Gasteiger charge is -2.19. The monoisotopic (exact) mass is 490 g/mol. The molecule has 0 spiro atoms. The number of ether oxygens (including phenoxy) is 1. The van der Waals surface area contributed by atoms with Crippen LogP contribution < -0.4 is 15.4 Å². The number of likely N-dealkylation sites (tertiary alicyclic amines) is 1. The molecule has 0 radical (unpaired) electrons. The van der Waals surface area contributed by atoms with E-state index in [1.165, 1.54) is 12.1 Å². The van der Waals surface area contributed by atoms with E-state index >= 15 is 0 Å². The molecular weight excluding hydrogens is 466 g/mol. The molecule has 180 valence electrons. The predicted molar refractivity (Wildman–Crippen MR) is 125 cm³/mol. The Hall–Kier alpha value is -3.31. The zero-order valence-corrected chi connectivity index (χ0v) is 19.3. The first-order valence-electron chi connectivity index (χ1n) is 10.8. The van der Waals surface area contributed by atoms with Crippen LogP contribution in [0, 0.1) is 11.6 Å². The van der Waals surface area contributed by atoms with E-state index in [9.17, 15) is 23.5 Å². The van der Waals surface area contributed by atoms with Gasteiger partial charge in [0.25, 0.3) is 0 Å². The molecule has 0 bridgehead atoms. The number of nitrogens with zero attached hydrogens (tertiary/aromatic N) is 2. The van der Waals surface area contributed by atoms with E-state index < -0.39 is 30.2 Å². The molecule has 1 atom stereocenters. The van der Waals surface area contributed by atoms with E-state index in [0.717, 1.165) is 25.8 Å². The quantitative estimate of drug-likeness (QED) is 0.431.